The molecular formula is C22H30N2O6S. The van der Waals surface area contributed by atoms with Crippen molar-refractivity contribution in [1.29, 1.82) is 0 Å². The quantitative estimate of drug-likeness (QED) is 0.546. The smallest absolute Gasteiger partial charge is 0.258 e. The molecular weight excluding hydrogens is 420 g/mol. The summed E-state index contributed by atoms with van der Waals surface area (Å²) in [5.41, 5.74) is 0.856. The molecule has 2 rings (SSSR count). The lowest BCUT2D eigenvalue weighted by Crippen LogP contribution is -2.32. The van der Waals surface area contributed by atoms with Crippen LogP contribution in [0.1, 0.15) is 38.8 Å². The average molecular weight is 451 g/mol. The van der Waals surface area contributed by atoms with E-state index in [0.717, 1.165) is 5.56 Å². The summed E-state index contributed by atoms with van der Waals surface area (Å²) < 4.78 is 43.2. The number of hydrogen-bond donors (Lipinski definition) is 2. The third kappa shape index (κ3) is 6.86. The van der Waals surface area contributed by atoms with Crippen molar-refractivity contribution in [2.45, 2.75) is 44.2 Å². The Hall–Kier alpha value is -2.78. The monoisotopic (exact) mass is 450 g/mol. The van der Waals surface area contributed by atoms with Crippen LogP contribution in [0.2, 0.25) is 0 Å². The first kappa shape index (κ1) is 24.5. The topological polar surface area (TPSA) is 103 Å². The van der Waals surface area contributed by atoms with E-state index in [4.69, 9.17) is 14.2 Å². The van der Waals surface area contributed by atoms with Crippen LogP contribution in [0.15, 0.2) is 47.4 Å². The van der Waals surface area contributed by atoms with Gasteiger partial charge in [0.05, 0.1) is 25.2 Å². The number of amides is 1. The Morgan fingerprint density at radius 1 is 1.00 bits per heavy atom. The number of hydrogen-bond acceptors (Lipinski definition) is 6. The van der Waals surface area contributed by atoms with Gasteiger partial charge in [-0.25, -0.2) is 13.1 Å². The predicted molar refractivity (Wildman–Crippen MR) is 118 cm³/mol. The molecule has 1 amide bonds. The molecule has 0 saturated carbocycles. The molecule has 2 unspecified atom stereocenters. The third-order valence-corrected chi connectivity index (χ3v) is 6.36. The van der Waals surface area contributed by atoms with Crippen LogP contribution in [0.3, 0.4) is 0 Å². The van der Waals surface area contributed by atoms with Gasteiger partial charge in [0, 0.05) is 6.04 Å². The third-order valence-electron chi connectivity index (χ3n) is 4.76. The van der Waals surface area contributed by atoms with Crippen molar-refractivity contribution in [3.8, 4) is 17.2 Å². The van der Waals surface area contributed by atoms with Gasteiger partial charge in [0.15, 0.2) is 18.1 Å². The van der Waals surface area contributed by atoms with E-state index in [1.54, 1.807) is 33.3 Å². The molecule has 0 fully saturated rings. The molecule has 0 aliphatic heterocycles. The fourth-order valence-electron chi connectivity index (χ4n) is 2.77. The second-order valence-corrected chi connectivity index (χ2v) is 8.81. The molecule has 0 aliphatic carbocycles. The van der Waals surface area contributed by atoms with Crippen LogP contribution in [0.25, 0.3) is 0 Å². The van der Waals surface area contributed by atoms with Crippen LogP contribution in [0.5, 0.6) is 17.2 Å². The minimum Gasteiger partial charge on any atom is -0.493 e. The summed E-state index contributed by atoms with van der Waals surface area (Å²) in [5, 5.41) is 2.85. The number of carbonyl (C=O) groups excluding carboxylic acids is 1. The normalized spacial score (nSPS) is 13.2. The van der Waals surface area contributed by atoms with Gasteiger partial charge in [-0.2, -0.15) is 0 Å². The minimum absolute atomic E-state index is 0.145. The molecule has 2 aromatic carbocycles. The largest absolute Gasteiger partial charge is 0.493 e. The van der Waals surface area contributed by atoms with E-state index < -0.39 is 10.0 Å². The number of rotatable bonds is 11. The summed E-state index contributed by atoms with van der Waals surface area (Å²) in [6, 6.07) is 10.9. The molecule has 170 valence electrons. The zero-order valence-electron chi connectivity index (χ0n) is 18.5. The molecule has 0 aliphatic rings. The average Bonchev–Trinajstić information content (AvgIpc) is 2.76. The van der Waals surface area contributed by atoms with Crippen molar-refractivity contribution in [3.63, 3.8) is 0 Å². The number of ether oxygens (including phenoxy) is 3. The van der Waals surface area contributed by atoms with Crippen LogP contribution < -0.4 is 24.2 Å². The number of methoxy groups -OCH3 is 2. The van der Waals surface area contributed by atoms with Crippen LogP contribution in [-0.2, 0) is 14.8 Å². The highest BCUT2D eigenvalue weighted by atomic mass is 32.2. The summed E-state index contributed by atoms with van der Waals surface area (Å²) in [6.07, 6.45) is 0.692. The van der Waals surface area contributed by atoms with E-state index >= 15 is 0 Å². The number of benzene rings is 2. The van der Waals surface area contributed by atoms with E-state index in [1.165, 1.54) is 24.3 Å². The van der Waals surface area contributed by atoms with E-state index in [-0.39, 0.29) is 29.5 Å². The first-order chi connectivity index (χ1) is 14.7. The Kier molecular flexibility index (Phi) is 8.70. The van der Waals surface area contributed by atoms with Gasteiger partial charge in [-0.3, -0.25) is 4.79 Å². The number of nitrogens with one attached hydrogen (secondary N) is 2. The molecule has 0 heterocycles. The molecule has 8 nitrogen and oxygen atoms in total. The molecule has 31 heavy (non-hydrogen) atoms. The number of carbonyl (C=O) groups is 1. The van der Waals surface area contributed by atoms with Crippen molar-refractivity contribution >= 4 is 15.9 Å². The summed E-state index contributed by atoms with van der Waals surface area (Å²) in [6.45, 7) is 5.36. The first-order valence-electron chi connectivity index (χ1n) is 9.96. The standard InChI is InChI=1S/C22H30N2O6S/c1-6-15(2)24-31(26,27)19-10-8-18(9-11-19)30-14-22(25)23-16(3)17-7-12-20(28-4)21(13-17)29-5/h7-13,15-16,24H,6,14H2,1-5H3,(H,23,25). The fourth-order valence-corrected chi connectivity index (χ4v) is 4.10. The Morgan fingerprint density at radius 3 is 2.23 bits per heavy atom. The molecule has 0 aromatic heterocycles. The van der Waals surface area contributed by atoms with E-state index in [0.29, 0.717) is 23.7 Å². The van der Waals surface area contributed by atoms with Crippen molar-refractivity contribution in [3.05, 3.63) is 48.0 Å². The molecule has 9 heteroatoms. The Labute approximate surface area is 184 Å². The fraction of sp³-hybridized carbons (Fsp3) is 0.409. The zero-order chi connectivity index (χ0) is 23.0. The lowest BCUT2D eigenvalue weighted by Gasteiger charge is -2.17. The zero-order valence-corrected chi connectivity index (χ0v) is 19.3. The second-order valence-electron chi connectivity index (χ2n) is 7.09. The van der Waals surface area contributed by atoms with Gasteiger partial charge < -0.3 is 19.5 Å². The van der Waals surface area contributed by atoms with Gasteiger partial charge >= 0.3 is 0 Å². The Bertz CT molecular complexity index is 976. The van der Waals surface area contributed by atoms with Crippen molar-refractivity contribution < 1.29 is 27.4 Å². The van der Waals surface area contributed by atoms with Gasteiger partial charge in [-0.05, 0) is 62.2 Å². The summed E-state index contributed by atoms with van der Waals surface area (Å²) in [4.78, 5) is 12.4. The lowest BCUT2D eigenvalue weighted by atomic mass is 10.1. The summed E-state index contributed by atoms with van der Waals surface area (Å²) >= 11 is 0. The van der Waals surface area contributed by atoms with E-state index in [1.807, 2.05) is 19.9 Å². The minimum atomic E-state index is -3.58. The highest BCUT2D eigenvalue weighted by molar-refractivity contribution is 7.89. The van der Waals surface area contributed by atoms with Gasteiger partial charge in [0.2, 0.25) is 10.0 Å². The first-order valence-corrected chi connectivity index (χ1v) is 11.4. The highest BCUT2D eigenvalue weighted by Gasteiger charge is 2.17. The maximum atomic E-state index is 12.3. The summed E-state index contributed by atoms with van der Waals surface area (Å²) in [7, 11) is -0.470. The molecule has 0 saturated heterocycles. The van der Waals surface area contributed by atoms with Crippen molar-refractivity contribution in [2.24, 2.45) is 0 Å². The van der Waals surface area contributed by atoms with Gasteiger partial charge in [0.1, 0.15) is 5.75 Å². The van der Waals surface area contributed by atoms with Crippen LogP contribution >= 0.6 is 0 Å². The van der Waals surface area contributed by atoms with Crippen LogP contribution in [0, 0.1) is 0 Å². The maximum absolute atomic E-state index is 12.3. The van der Waals surface area contributed by atoms with Gasteiger partial charge in [-0.1, -0.05) is 13.0 Å². The SMILES string of the molecule is CCC(C)NS(=O)(=O)c1ccc(OCC(=O)NC(C)c2ccc(OC)c(OC)c2)cc1. The predicted octanol–water partition coefficient (Wildman–Crippen LogP) is 3.04. The van der Waals surface area contributed by atoms with Crippen molar-refractivity contribution in [2.75, 3.05) is 20.8 Å². The van der Waals surface area contributed by atoms with E-state index in [9.17, 15) is 13.2 Å². The molecule has 2 N–H and O–H groups in total. The van der Waals surface area contributed by atoms with Crippen molar-refractivity contribution in [1.82, 2.24) is 10.0 Å². The number of sulfonamides is 1. The van der Waals surface area contributed by atoms with Crippen LogP contribution in [0.4, 0.5) is 0 Å². The van der Waals surface area contributed by atoms with Gasteiger partial charge in [-0.15, -0.1) is 0 Å². The second kappa shape index (κ2) is 11.0. The Balaban J connectivity index is 1.92. The van der Waals surface area contributed by atoms with Crippen LogP contribution in [-0.4, -0.2) is 41.2 Å². The van der Waals surface area contributed by atoms with Gasteiger partial charge in [0.25, 0.3) is 5.91 Å². The molecule has 0 spiro atoms. The maximum Gasteiger partial charge on any atom is 0.258 e. The molecule has 2 aromatic rings. The highest BCUT2D eigenvalue weighted by Crippen LogP contribution is 2.29. The summed E-state index contributed by atoms with van der Waals surface area (Å²) in [5.74, 6) is 1.28. The Morgan fingerprint density at radius 2 is 1.65 bits per heavy atom. The van der Waals surface area contributed by atoms with E-state index in [2.05, 4.69) is 10.0 Å². The molecule has 0 bridgehead atoms. The molecule has 0 radical (unpaired) electrons. The lowest BCUT2D eigenvalue weighted by molar-refractivity contribution is -0.123. The molecule has 2 atom stereocenters.